The third-order valence-corrected chi connectivity index (χ3v) is 6.44. The van der Waals surface area contributed by atoms with Gasteiger partial charge < -0.3 is 4.74 Å². The van der Waals surface area contributed by atoms with Crippen molar-refractivity contribution in [1.29, 1.82) is 0 Å². The molecule has 0 amide bonds. The van der Waals surface area contributed by atoms with E-state index in [4.69, 9.17) is 4.74 Å². The second-order valence-electron chi connectivity index (χ2n) is 9.25. The average Bonchev–Trinajstić information content (AvgIpc) is 2.83. The molecule has 0 heterocycles. The largest absolute Gasteiger partial charge is 0.494 e. The number of hydrogen-bond acceptors (Lipinski definition) is 1. The highest BCUT2D eigenvalue weighted by molar-refractivity contribution is 5.40. The minimum Gasteiger partial charge on any atom is -0.494 e. The molecule has 174 valence electrons. The molecule has 1 aromatic rings. The first-order chi connectivity index (χ1) is 15.8. The van der Waals surface area contributed by atoms with Crippen LogP contribution in [0, 0.1) is 35.5 Å². The van der Waals surface area contributed by atoms with Crippen LogP contribution in [0.3, 0.4) is 0 Å². The van der Waals surface area contributed by atoms with Gasteiger partial charge in [0.1, 0.15) is 5.75 Å². The van der Waals surface area contributed by atoms with Crippen molar-refractivity contribution in [2.24, 2.45) is 11.8 Å². The fourth-order valence-corrected chi connectivity index (χ4v) is 4.36. The zero-order valence-corrected chi connectivity index (χ0v) is 20.6. The number of unbranched alkanes of at least 4 members (excludes halogenated alkanes) is 7. The van der Waals surface area contributed by atoms with Gasteiger partial charge in [0, 0.05) is 11.5 Å². The van der Waals surface area contributed by atoms with Crippen LogP contribution in [0.4, 0.5) is 0 Å². The van der Waals surface area contributed by atoms with E-state index in [-0.39, 0.29) is 0 Å². The summed E-state index contributed by atoms with van der Waals surface area (Å²) in [5, 5.41) is 0. The summed E-state index contributed by atoms with van der Waals surface area (Å²) in [4.78, 5) is 0. The predicted molar refractivity (Wildman–Crippen MR) is 139 cm³/mol. The van der Waals surface area contributed by atoms with E-state index in [0.29, 0.717) is 5.92 Å². The van der Waals surface area contributed by atoms with Crippen molar-refractivity contribution >= 4 is 0 Å². The van der Waals surface area contributed by atoms with Crippen LogP contribution in [0.1, 0.15) is 109 Å². The fraction of sp³-hybridized carbons (Fsp3) is 0.613. The summed E-state index contributed by atoms with van der Waals surface area (Å²) in [6.45, 7) is 5.33. The monoisotopic (exact) mass is 432 g/mol. The maximum absolute atomic E-state index is 5.81. The van der Waals surface area contributed by atoms with Crippen molar-refractivity contribution in [1.82, 2.24) is 0 Å². The third kappa shape index (κ3) is 12.1. The molecule has 0 saturated heterocycles. The second-order valence-corrected chi connectivity index (χ2v) is 9.25. The molecule has 0 spiro atoms. The van der Waals surface area contributed by atoms with Gasteiger partial charge in [-0.25, -0.2) is 0 Å². The van der Waals surface area contributed by atoms with Gasteiger partial charge in [-0.05, 0) is 74.4 Å². The summed E-state index contributed by atoms with van der Waals surface area (Å²) in [6, 6.07) is 8.08. The molecule has 2 rings (SSSR count). The lowest BCUT2D eigenvalue weighted by atomic mass is 9.80. The predicted octanol–water partition coefficient (Wildman–Crippen LogP) is 8.72. The number of ether oxygens (including phenoxy) is 1. The molecule has 0 aliphatic heterocycles. The molecular weight excluding hydrogens is 388 g/mol. The maximum Gasteiger partial charge on any atom is 0.119 e. The molecule has 32 heavy (non-hydrogen) atoms. The zero-order valence-electron chi connectivity index (χ0n) is 20.6. The molecule has 0 bridgehead atoms. The highest BCUT2D eigenvalue weighted by Crippen LogP contribution is 2.31. The Morgan fingerprint density at radius 2 is 1.44 bits per heavy atom. The van der Waals surface area contributed by atoms with E-state index in [2.05, 4.69) is 37.5 Å². The number of allylic oxidation sites excluding steroid dienone is 2. The molecule has 0 aromatic heterocycles. The van der Waals surface area contributed by atoms with Gasteiger partial charge in [0.25, 0.3) is 0 Å². The highest BCUT2D eigenvalue weighted by Gasteiger charge is 2.19. The van der Waals surface area contributed by atoms with Gasteiger partial charge in [-0.1, -0.05) is 95.3 Å². The standard InChI is InChI=1S/C31H44O/c1-3-5-7-11-15-27-32-31-25-23-30(24-26-31)18-14-10-9-13-17-29-21-19-28(20-22-29)16-12-8-6-4-2/h9-10,23-26,28-29H,3-8,11-12,15-16,19-22,27H2,1-2H3. The minimum atomic E-state index is 0.582. The first kappa shape index (κ1) is 26.1. The molecule has 0 atom stereocenters. The topological polar surface area (TPSA) is 9.23 Å². The second kappa shape index (κ2) is 17.4. The summed E-state index contributed by atoms with van der Waals surface area (Å²) in [6.07, 6.45) is 22.4. The Hall–Kier alpha value is -2.12. The van der Waals surface area contributed by atoms with Gasteiger partial charge in [0.2, 0.25) is 0 Å². The van der Waals surface area contributed by atoms with Crippen LogP contribution in [0.15, 0.2) is 36.4 Å². The Morgan fingerprint density at radius 1 is 0.781 bits per heavy atom. The number of hydrogen-bond donors (Lipinski definition) is 0. The average molecular weight is 433 g/mol. The Kier molecular flexibility index (Phi) is 14.2. The van der Waals surface area contributed by atoms with E-state index < -0.39 is 0 Å². The van der Waals surface area contributed by atoms with E-state index in [1.165, 1.54) is 83.5 Å². The summed E-state index contributed by atoms with van der Waals surface area (Å²) in [5.74, 6) is 15.4. The van der Waals surface area contributed by atoms with Gasteiger partial charge in [0.15, 0.2) is 0 Å². The van der Waals surface area contributed by atoms with E-state index in [9.17, 15) is 0 Å². The van der Waals surface area contributed by atoms with Gasteiger partial charge in [-0.3, -0.25) is 0 Å². The number of benzene rings is 1. The SMILES string of the molecule is CCCCCCCOc1ccc(C#CC=CC#CC2CCC(CCCCCC)CC2)cc1. The third-order valence-electron chi connectivity index (χ3n) is 6.44. The van der Waals surface area contributed by atoms with E-state index >= 15 is 0 Å². The lowest BCUT2D eigenvalue weighted by Crippen LogP contribution is -2.13. The van der Waals surface area contributed by atoms with Crippen LogP contribution in [0.2, 0.25) is 0 Å². The van der Waals surface area contributed by atoms with Crippen molar-refractivity contribution in [2.45, 2.75) is 104 Å². The first-order valence-corrected chi connectivity index (χ1v) is 13.2. The van der Waals surface area contributed by atoms with Crippen LogP contribution >= 0.6 is 0 Å². The summed E-state index contributed by atoms with van der Waals surface area (Å²) >= 11 is 0. The van der Waals surface area contributed by atoms with Gasteiger partial charge >= 0.3 is 0 Å². The zero-order chi connectivity index (χ0) is 22.7. The van der Waals surface area contributed by atoms with Crippen molar-refractivity contribution in [3.63, 3.8) is 0 Å². The lowest BCUT2D eigenvalue weighted by Gasteiger charge is -2.25. The molecule has 1 fully saturated rings. The molecule has 1 aliphatic carbocycles. The van der Waals surface area contributed by atoms with E-state index in [1.807, 2.05) is 36.4 Å². The van der Waals surface area contributed by atoms with Crippen LogP contribution in [-0.4, -0.2) is 6.61 Å². The van der Waals surface area contributed by atoms with Crippen LogP contribution in [0.25, 0.3) is 0 Å². The van der Waals surface area contributed by atoms with Crippen molar-refractivity contribution in [3.8, 4) is 29.4 Å². The van der Waals surface area contributed by atoms with Gasteiger partial charge in [-0.15, -0.1) is 0 Å². The smallest absolute Gasteiger partial charge is 0.119 e. The van der Waals surface area contributed by atoms with E-state index in [0.717, 1.165) is 30.3 Å². The molecule has 1 saturated carbocycles. The molecule has 1 aliphatic rings. The molecule has 0 radical (unpaired) electrons. The van der Waals surface area contributed by atoms with Crippen LogP contribution in [-0.2, 0) is 0 Å². The van der Waals surface area contributed by atoms with Gasteiger partial charge in [-0.2, -0.15) is 0 Å². The maximum atomic E-state index is 5.81. The van der Waals surface area contributed by atoms with Crippen molar-refractivity contribution < 1.29 is 4.74 Å². The Balaban J connectivity index is 1.61. The summed E-state index contributed by atoms with van der Waals surface area (Å²) in [5.41, 5.74) is 1.01. The number of rotatable bonds is 12. The Labute approximate surface area is 198 Å². The van der Waals surface area contributed by atoms with Crippen molar-refractivity contribution in [3.05, 3.63) is 42.0 Å². The molecule has 1 nitrogen and oxygen atoms in total. The van der Waals surface area contributed by atoms with Crippen molar-refractivity contribution in [2.75, 3.05) is 6.61 Å². The van der Waals surface area contributed by atoms with E-state index in [1.54, 1.807) is 0 Å². The molecule has 0 unspecified atom stereocenters. The van der Waals surface area contributed by atoms with Crippen LogP contribution < -0.4 is 4.74 Å². The summed E-state index contributed by atoms with van der Waals surface area (Å²) < 4.78 is 5.81. The Bertz CT molecular complexity index is 742. The van der Waals surface area contributed by atoms with Gasteiger partial charge in [0.05, 0.1) is 6.61 Å². The molecule has 1 aromatic carbocycles. The quantitative estimate of drug-likeness (QED) is 0.237. The van der Waals surface area contributed by atoms with Crippen LogP contribution in [0.5, 0.6) is 5.75 Å². The minimum absolute atomic E-state index is 0.582. The molecule has 1 heteroatoms. The fourth-order valence-electron chi connectivity index (χ4n) is 4.36. The first-order valence-electron chi connectivity index (χ1n) is 13.2. The molecular formula is C31H44O. The Morgan fingerprint density at radius 3 is 2.16 bits per heavy atom. The normalized spacial score (nSPS) is 17.9. The highest BCUT2D eigenvalue weighted by atomic mass is 16.5. The summed E-state index contributed by atoms with van der Waals surface area (Å²) in [7, 11) is 0. The molecule has 0 N–H and O–H groups in total. The lowest BCUT2D eigenvalue weighted by molar-refractivity contribution is 0.294.